The van der Waals surface area contributed by atoms with Gasteiger partial charge in [-0.1, -0.05) is 30.3 Å². The lowest BCUT2D eigenvalue weighted by Gasteiger charge is -2.17. The van der Waals surface area contributed by atoms with Crippen LogP contribution in [0.25, 0.3) is 22.2 Å². The summed E-state index contributed by atoms with van der Waals surface area (Å²) in [4.78, 5) is 21.0. The number of rotatable bonds is 7. The summed E-state index contributed by atoms with van der Waals surface area (Å²) in [6, 6.07) is 8.80. The number of halogens is 3. The largest absolute Gasteiger partial charge is 0.289 e. The van der Waals surface area contributed by atoms with Crippen molar-refractivity contribution >= 4 is 36.6 Å². The van der Waals surface area contributed by atoms with Gasteiger partial charge in [-0.05, 0) is 31.5 Å². The molecule has 0 atom stereocenters. The quantitative estimate of drug-likeness (QED) is 0.266. The summed E-state index contributed by atoms with van der Waals surface area (Å²) in [5.74, 6) is -5.56. The van der Waals surface area contributed by atoms with E-state index in [1.807, 2.05) is 0 Å². The van der Waals surface area contributed by atoms with Crippen molar-refractivity contribution in [2.45, 2.75) is 30.8 Å². The van der Waals surface area contributed by atoms with Gasteiger partial charge in [0.05, 0.1) is 11.3 Å². The highest BCUT2D eigenvalue weighted by molar-refractivity contribution is 7.92. The number of aromatic nitrogens is 3. The highest BCUT2D eigenvalue weighted by Gasteiger charge is 2.26. The molecule has 0 saturated carbocycles. The van der Waals surface area contributed by atoms with Gasteiger partial charge in [-0.2, -0.15) is 4.98 Å². The van der Waals surface area contributed by atoms with Crippen molar-refractivity contribution in [2.75, 3.05) is 11.0 Å². The van der Waals surface area contributed by atoms with Crippen molar-refractivity contribution in [3.05, 3.63) is 82.0 Å². The van der Waals surface area contributed by atoms with Gasteiger partial charge in [-0.25, -0.2) is 35.0 Å². The van der Waals surface area contributed by atoms with Crippen LogP contribution in [-0.2, 0) is 25.6 Å². The van der Waals surface area contributed by atoms with E-state index in [1.54, 1.807) is 36.8 Å². The normalized spacial score (nSPS) is 12.3. The molecular formula is C24H21F3N4O5S2. The molecule has 0 fully saturated rings. The number of pyridine rings is 1. The third kappa shape index (κ3) is 5.27. The first kappa shape index (κ1) is 27.3. The lowest BCUT2D eigenvalue weighted by atomic mass is 10.0. The summed E-state index contributed by atoms with van der Waals surface area (Å²) >= 11 is 0. The molecule has 4 aromatic rings. The van der Waals surface area contributed by atoms with E-state index in [-0.39, 0.29) is 11.0 Å². The van der Waals surface area contributed by atoms with E-state index in [0.29, 0.717) is 11.6 Å². The number of fused-ring (bicyclic) bond motifs is 1. The van der Waals surface area contributed by atoms with Crippen LogP contribution in [0.5, 0.6) is 0 Å². The molecule has 14 heteroatoms. The summed E-state index contributed by atoms with van der Waals surface area (Å²) in [5.41, 5.74) is -3.09. The molecule has 2 aromatic carbocycles. The molecule has 1 N–H and O–H groups in total. The number of hydrogen-bond donors (Lipinski definition) is 1. The number of sulfone groups is 1. The molecule has 0 amide bonds. The van der Waals surface area contributed by atoms with Crippen molar-refractivity contribution in [1.82, 2.24) is 14.5 Å². The minimum Gasteiger partial charge on any atom is -0.289 e. The molecule has 38 heavy (non-hydrogen) atoms. The monoisotopic (exact) mass is 566 g/mol. The molecule has 0 aliphatic heterocycles. The molecule has 0 saturated heterocycles. The van der Waals surface area contributed by atoms with Gasteiger partial charge >= 0.3 is 0 Å². The molecule has 200 valence electrons. The van der Waals surface area contributed by atoms with E-state index >= 15 is 13.2 Å². The highest BCUT2D eigenvalue weighted by atomic mass is 32.2. The Morgan fingerprint density at radius 2 is 1.63 bits per heavy atom. The van der Waals surface area contributed by atoms with Gasteiger partial charge in [0.25, 0.3) is 5.56 Å². The Hall–Kier alpha value is -3.78. The summed E-state index contributed by atoms with van der Waals surface area (Å²) in [5, 5.41) is -0.435. The molecule has 0 aliphatic carbocycles. The summed E-state index contributed by atoms with van der Waals surface area (Å²) < 4.78 is 96.8. The van der Waals surface area contributed by atoms with Crippen LogP contribution in [0.1, 0.15) is 25.5 Å². The molecule has 4 rings (SSSR count). The van der Waals surface area contributed by atoms with Crippen LogP contribution < -0.4 is 10.3 Å². The van der Waals surface area contributed by atoms with Gasteiger partial charge in [0.15, 0.2) is 17.5 Å². The molecule has 0 radical (unpaired) electrons. The summed E-state index contributed by atoms with van der Waals surface area (Å²) in [7, 11) is -8.15. The zero-order valence-corrected chi connectivity index (χ0v) is 21.9. The van der Waals surface area contributed by atoms with E-state index in [9.17, 15) is 21.6 Å². The molecular weight excluding hydrogens is 545 g/mol. The van der Waals surface area contributed by atoms with Crippen LogP contribution in [0.4, 0.5) is 18.9 Å². The van der Waals surface area contributed by atoms with Crippen LogP contribution in [-0.4, -0.2) is 37.6 Å². The average Bonchev–Trinajstić information content (AvgIpc) is 2.83. The Kier molecular flexibility index (Phi) is 7.05. The van der Waals surface area contributed by atoms with Crippen molar-refractivity contribution in [1.29, 1.82) is 0 Å². The molecule has 9 nitrogen and oxygen atoms in total. The van der Waals surface area contributed by atoms with Crippen molar-refractivity contribution in [3.63, 3.8) is 0 Å². The van der Waals surface area contributed by atoms with Gasteiger partial charge in [-0.3, -0.25) is 14.1 Å². The van der Waals surface area contributed by atoms with E-state index in [4.69, 9.17) is 0 Å². The van der Waals surface area contributed by atoms with E-state index in [1.165, 1.54) is 12.1 Å². The first-order chi connectivity index (χ1) is 17.7. The zero-order valence-electron chi connectivity index (χ0n) is 20.2. The predicted molar refractivity (Wildman–Crippen MR) is 135 cm³/mol. The number of sulfonamides is 1. The molecule has 2 aromatic heterocycles. The second-order valence-corrected chi connectivity index (χ2v) is 12.4. The van der Waals surface area contributed by atoms with E-state index in [0.717, 1.165) is 23.1 Å². The van der Waals surface area contributed by atoms with Gasteiger partial charge in [0.1, 0.15) is 11.3 Å². The van der Waals surface area contributed by atoms with Crippen molar-refractivity contribution in [2.24, 2.45) is 0 Å². The maximum Gasteiger partial charge on any atom is 0.260 e. The Morgan fingerprint density at radius 3 is 2.24 bits per heavy atom. The second-order valence-electron chi connectivity index (χ2n) is 8.79. The number of nitrogens with one attached hydrogen (secondary N) is 1. The highest BCUT2D eigenvalue weighted by Crippen LogP contribution is 2.32. The number of anilines is 1. The maximum atomic E-state index is 15.2. The maximum absolute atomic E-state index is 15.2. The van der Waals surface area contributed by atoms with Crippen LogP contribution in [0, 0.1) is 17.5 Å². The Bertz CT molecular complexity index is 1840. The molecule has 0 spiro atoms. The smallest absolute Gasteiger partial charge is 0.260 e. The number of benzene rings is 2. The lowest BCUT2D eigenvalue weighted by Crippen LogP contribution is -2.25. The van der Waals surface area contributed by atoms with E-state index in [2.05, 4.69) is 9.97 Å². The molecule has 0 bridgehead atoms. The Balaban J connectivity index is 1.85. The van der Waals surface area contributed by atoms with Crippen molar-refractivity contribution < 1.29 is 30.0 Å². The Morgan fingerprint density at radius 1 is 0.974 bits per heavy atom. The number of nitrogens with zero attached hydrogens (tertiary/aromatic N) is 3. The summed E-state index contributed by atoms with van der Waals surface area (Å²) in [6.07, 6.45) is 1.98. The molecule has 2 heterocycles. The van der Waals surface area contributed by atoms with Gasteiger partial charge in [0.2, 0.25) is 25.0 Å². The fourth-order valence-corrected chi connectivity index (χ4v) is 5.52. The minimum atomic E-state index is -4.33. The van der Waals surface area contributed by atoms with Crippen LogP contribution in [0.2, 0.25) is 0 Å². The first-order valence-electron chi connectivity index (χ1n) is 11.0. The average molecular weight is 567 g/mol. The second kappa shape index (κ2) is 9.83. The van der Waals surface area contributed by atoms with Crippen LogP contribution in [0.3, 0.4) is 0 Å². The first-order valence-corrected chi connectivity index (χ1v) is 14.6. The standard InChI is InChI=1S/C24H21F3N4O5S2/c1-13(2)31-22-15(11-28-24(29-22)37(3,33)34)9-17(23(31)32)16-10-18(25)21(20(27)19(16)26)30-38(35,36)12-14-7-5-4-6-8-14/h4-11,13,30H,12H2,1-3H3. The third-order valence-corrected chi connectivity index (χ3v) is 7.59. The van der Waals surface area contributed by atoms with E-state index < -0.39 is 76.6 Å². The SMILES string of the molecule is CC(C)n1c(=O)c(-c2cc(F)c(NS(=O)(=O)Cc3ccccc3)c(F)c2F)cc2cnc(S(C)(=O)=O)nc21. The molecule has 0 aliphatic rings. The predicted octanol–water partition coefficient (Wildman–Crippen LogP) is 3.80. The summed E-state index contributed by atoms with van der Waals surface area (Å²) in [6.45, 7) is 3.16. The van der Waals surface area contributed by atoms with Crippen molar-refractivity contribution in [3.8, 4) is 11.1 Å². The van der Waals surface area contributed by atoms with Gasteiger partial charge < -0.3 is 0 Å². The third-order valence-electron chi connectivity index (χ3n) is 5.50. The fraction of sp³-hybridized carbons (Fsp3) is 0.208. The minimum absolute atomic E-state index is 0.0733. The lowest BCUT2D eigenvalue weighted by molar-refractivity contribution is 0.502. The molecule has 0 unspecified atom stereocenters. The van der Waals surface area contributed by atoms with Crippen LogP contribution in [0.15, 0.2) is 58.6 Å². The number of hydrogen-bond acceptors (Lipinski definition) is 7. The fourth-order valence-electron chi connectivity index (χ4n) is 3.83. The van der Waals surface area contributed by atoms with Gasteiger partial charge in [-0.15, -0.1) is 0 Å². The van der Waals surface area contributed by atoms with Crippen LogP contribution >= 0.6 is 0 Å². The van der Waals surface area contributed by atoms with Gasteiger partial charge in [0, 0.05) is 29.4 Å². The topological polar surface area (TPSA) is 128 Å². The Labute approximate surface area is 216 Å². The zero-order chi connectivity index (χ0) is 28.0.